The van der Waals surface area contributed by atoms with Gasteiger partial charge in [0.05, 0.1) is 6.07 Å². The number of halogens is 3. The van der Waals surface area contributed by atoms with Gasteiger partial charge < -0.3 is 15.5 Å². The maximum atomic E-state index is 13.3. The van der Waals surface area contributed by atoms with Gasteiger partial charge >= 0.3 is 12.1 Å². The molecule has 2 aliphatic rings. The summed E-state index contributed by atoms with van der Waals surface area (Å²) in [7, 11) is 0. The Kier molecular flexibility index (Phi) is 6.43. The van der Waals surface area contributed by atoms with Crippen molar-refractivity contribution in [1.82, 2.24) is 15.5 Å². The highest BCUT2D eigenvalue weighted by molar-refractivity contribution is 5.95. The molecule has 1 saturated heterocycles. The van der Waals surface area contributed by atoms with Crippen LogP contribution in [0.1, 0.15) is 48.5 Å². The van der Waals surface area contributed by atoms with Crippen molar-refractivity contribution in [2.75, 3.05) is 6.54 Å². The molecule has 1 saturated carbocycles. The minimum Gasteiger partial charge on any atom is -0.338 e. The molecule has 174 valence electrons. The molecule has 1 aliphatic heterocycles. The lowest BCUT2D eigenvalue weighted by Gasteiger charge is -2.38. The van der Waals surface area contributed by atoms with E-state index in [2.05, 4.69) is 5.32 Å². The average molecular weight is 444 g/mol. The Morgan fingerprint density at radius 1 is 1.13 bits per heavy atom. The third-order valence-corrected chi connectivity index (χ3v) is 6.51. The van der Waals surface area contributed by atoms with Gasteiger partial charge in [-0.05, 0) is 28.6 Å². The molecule has 0 radical (unpaired) electrons. The van der Waals surface area contributed by atoms with Crippen molar-refractivity contribution >= 4 is 17.7 Å². The molecule has 0 aromatic heterocycles. The van der Waals surface area contributed by atoms with Crippen LogP contribution in [-0.2, 0) is 14.4 Å². The largest absolute Gasteiger partial charge is 0.471 e. The zero-order chi connectivity index (χ0) is 24.1. The molecule has 2 N–H and O–H groups in total. The second-order valence-corrected chi connectivity index (χ2v) is 10.5. The predicted octanol–water partition coefficient (Wildman–Crippen LogP) is 2.23. The van der Waals surface area contributed by atoms with Crippen LogP contribution in [0, 0.1) is 39.9 Å². The third-order valence-electron chi connectivity index (χ3n) is 6.51. The number of carbonyl (C=O) groups is 3. The molecule has 0 spiro atoms. The van der Waals surface area contributed by atoms with Crippen LogP contribution in [0.3, 0.4) is 0 Å². The fourth-order valence-corrected chi connectivity index (χ4v) is 4.43. The number of alkyl halides is 3. The molecule has 10 heteroatoms. The molecule has 0 aromatic carbocycles. The number of carbonyl (C=O) groups excluding carboxylic acids is 3. The lowest BCUT2D eigenvalue weighted by atomic mass is 9.85. The molecule has 1 aliphatic carbocycles. The zero-order valence-corrected chi connectivity index (χ0v) is 18.9. The first-order valence-electron chi connectivity index (χ1n) is 10.3. The Morgan fingerprint density at radius 3 is 2.10 bits per heavy atom. The summed E-state index contributed by atoms with van der Waals surface area (Å²) in [6.07, 6.45) is -5.13. The van der Waals surface area contributed by atoms with Crippen LogP contribution in [0.15, 0.2) is 0 Å². The Labute approximate surface area is 180 Å². The summed E-state index contributed by atoms with van der Waals surface area (Å²) < 4.78 is 38.5. The van der Waals surface area contributed by atoms with E-state index in [0.29, 0.717) is 0 Å². The Balaban J connectivity index is 2.33. The Bertz CT molecular complexity index is 795. The molecule has 0 bridgehead atoms. The second-order valence-electron chi connectivity index (χ2n) is 10.5. The third kappa shape index (κ3) is 4.80. The van der Waals surface area contributed by atoms with Crippen molar-refractivity contribution in [1.29, 1.82) is 5.26 Å². The quantitative estimate of drug-likeness (QED) is 0.679. The van der Waals surface area contributed by atoms with Gasteiger partial charge in [-0.2, -0.15) is 18.4 Å². The van der Waals surface area contributed by atoms with Gasteiger partial charge in [-0.3, -0.25) is 14.4 Å². The van der Waals surface area contributed by atoms with Crippen molar-refractivity contribution in [2.45, 2.75) is 72.8 Å². The summed E-state index contributed by atoms with van der Waals surface area (Å²) in [5.41, 5.74) is -1.22. The fraction of sp³-hybridized carbons (Fsp3) is 0.810. The van der Waals surface area contributed by atoms with Gasteiger partial charge in [0, 0.05) is 6.54 Å². The number of nitrogens with one attached hydrogen (secondary N) is 2. The summed E-state index contributed by atoms with van der Waals surface area (Å²) in [6.45, 7) is 12.4. The average Bonchev–Trinajstić information content (AvgIpc) is 2.97. The van der Waals surface area contributed by atoms with Crippen LogP contribution in [0.25, 0.3) is 0 Å². The van der Waals surface area contributed by atoms with Crippen molar-refractivity contribution in [3.05, 3.63) is 0 Å². The van der Waals surface area contributed by atoms with Crippen LogP contribution in [0.2, 0.25) is 0 Å². The van der Waals surface area contributed by atoms with E-state index in [1.54, 1.807) is 34.6 Å². The predicted molar refractivity (Wildman–Crippen MR) is 106 cm³/mol. The molecule has 31 heavy (non-hydrogen) atoms. The maximum Gasteiger partial charge on any atom is 0.471 e. The summed E-state index contributed by atoms with van der Waals surface area (Å²) in [6, 6.07) is -1.11. The van der Waals surface area contributed by atoms with Gasteiger partial charge in [0.1, 0.15) is 18.1 Å². The topological polar surface area (TPSA) is 102 Å². The van der Waals surface area contributed by atoms with Crippen LogP contribution in [0.5, 0.6) is 0 Å². The molecule has 2 fully saturated rings. The smallest absolute Gasteiger partial charge is 0.338 e. The normalized spacial score (nSPS) is 26.5. The maximum absolute atomic E-state index is 13.3. The number of hydrogen-bond donors (Lipinski definition) is 2. The molecule has 2 rings (SSSR count). The summed E-state index contributed by atoms with van der Waals surface area (Å²) in [4.78, 5) is 39.3. The van der Waals surface area contributed by atoms with Crippen LogP contribution in [0.4, 0.5) is 13.2 Å². The van der Waals surface area contributed by atoms with Crippen molar-refractivity contribution in [2.24, 2.45) is 28.6 Å². The highest BCUT2D eigenvalue weighted by atomic mass is 19.4. The molecular weight excluding hydrogens is 413 g/mol. The van der Waals surface area contributed by atoms with E-state index in [9.17, 15) is 32.8 Å². The Hall–Kier alpha value is -2.31. The number of nitrogens with zero attached hydrogens (tertiary/aromatic N) is 2. The molecule has 3 amide bonds. The minimum absolute atomic E-state index is 0.0192. The molecule has 1 unspecified atom stereocenters. The SMILES string of the molecule is CC(C)[C@@H](C#N)NC(=O)C1[C@@H]2[C@H](CN1C(=O)[C@@H](NC(=O)C(F)(F)F)C(C)(C)C)C2(C)C. The van der Waals surface area contributed by atoms with Crippen molar-refractivity contribution < 1.29 is 27.6 Å². The summed E-state index contributed by atoms with van der Waals surface area (Å²) in [5, 5.41) is 13.8. The highest BCUT2D eigenvalue weighted by Gasteiger charge is 2.70. The first-order chi connectivity index (χ1) is 13.9. The number of rotatable bonds is 5. The molecule has 1 heterocycles. The van der Waals surface area contributed by atoms with Gasteiger partial charge in [-0.15, -0.1) is 0 Å². The minimum atomic E-state index is -5.13. The molecule has 7 nitrogen and oxygen atoms in total. The van der Waals surface area contributed by atoms with E-state index >= 15 is 0 Å². The van der Waals surface area contributed by atoms with Gasteiger partial charge in [0.2, 0.25) is 11.8 Å². The summed E-state index contributed by atoms with van der Waals surface area (Å²) in [5.74, 6) is -3.73. The number of nitriles is 1. The van der Waals surface area contributed by atoms with E-state index in [0.717, 1.165) is 0 Å². The van der Waals surface area contributed by atoms with Crippen LogP contribution < -0.4 is 10.6 Å². The van der Waals surface area contributed by atoms with Crippen molar-refractivity contribution in [3.63, 3.8) is 0 Å². The number of amides is 3. The van der Waals surface area contributed by atoms with E-state index in [1.165, 1.54) is 4.90 Å². The van der Waals surface area contributed by atoms with E-state index in [1.807, 2.05) is 25.2 Å². The molecule has 0 aromatic rings. The van der Waals surface area contributed by atoms with Gasteiger partial charge in [0.25, 0.3) is 0 Å². The monoisotopic (exact) mass is 444 g/mol. The number of fused-ring (bicyclic) bond motifs is 1. The number of hydrogen-bond acceptors (Lipinski definition) is 4. The van der Waals surface area contributed by atoms with Gasteiger partial charge in [-0.1, -0.05) is 48.5 Å². The Morgan fingerprint density at radius 2 is 1.68 bits per heavy atom. The molecule has 5 atom stereocenters. The fourth-order valence-electron chi connectivity index (χ4n) is 4.43. The van der Waals surface area contributed by atoms with E-state index < -0.39 is 47.4 Å². The van der Waals surface area contributed by atoms with Crippen LogP contribution >= 0.6 is 0 Å². The summed E-state index contributed by atoms with van der Waals surface area (Å²) >= 11 is 0. The second kappa shape index (κ2) is 7.99. The van der Waals surface area contributed by atoms with Gasteiger partial charge in [-0.25, -0.2) is 0 Å². The van der Waals surface area contributed by atoms with E-state index in [4.69, 9.17) is 0 Å². The standard InChI is InChI=1S/C21H31F3N4O3/c1-10(2)12(8-25)26-16(29)14-13-11(20(13,6)7)9-28(14)17(30)15(19(3,4)5)27-18(31)21(22,23)24/h10-15H,9H2,1-7H3,(H,26,29)(H,27,31)/t11-,12+,13-,14?,15+/m0/s1. The zero-order valence-electron chi connectivity index (χ0n) is 18.9. The molecular formula is C21H31F3N4O3. The lowest BCUT2D eigenvalue weighted by Crippen LogP contribution is -2.61. The van der Waals surface area contributed by atoms with E-state index in [-0.39, 0.29) is 29.7 Å². The number of piperidine rings is 1. The van der Waals surface area contributed by atoms with Crippen LogP contribution in [-0.4, -0.2) is 53.5 Å². The first kappa shape index (κ1) is 25.0. The number of likely N-dealkylation sites (tertiary alicyclic amines) is 1. The highest BCUT2D eigenvalue weighted by Crippen LogP contribution is 2.65. The first-order valence-corrected chi connectivity index (χ1v) is 10.3. The lowest BCUT2D eigenvalue weighted by molar-refractivity contribution is -0.176. The van der Waals surface area contributed by atoms with Gasteiger partial charge in [0.15, 0.2) is 0 Å². The van der Waals surface area contributed by atoms with Crippen molar-refractivity contribution in [3.8, 4) is 6.07 Å².